The molecule has 0 radical (unpaired) electrons. The van der Waals surface area contributed by atoms with Gasteiger partial charge in [0.15, 0.2) is 0 Å². The summed E-state index contributed by atoms with van der Waals surface area (Å²) in [5.74, 6) is -0.748. The number of hydrogen-bond donors (Lipinski definition) is 4. The molecule has 40 heavy (non-hydrogen) atoms. The lowest BCUT2D eigenvalue weighted by atomic mass is 10.0. The number of para-hydroxylation sites is 1. The Kier molecular flexibility index (Phi) is 8.04. The highest BCUT2D eigenvalue weighted by Gasteiger charge is 2.44. The molecule has 12 nitrogen and oxygen atoms in total. The summed E-state index contributed by atoms with van der Waals surface area (Å²) in [7, 11) is 0. The summed E-state index contributed by atoms with van der Waals surface area (Å²) in [6.07, 6.45) is 2.67. The highest BCUT2D eigenvalue weighted by molar-refractivity contribution is 6.08. The molecule has 4 N–H and O–H groups in total. The molecule has 208 valence electrons. The van der Waals surface area contributed by atoms with Crippen LogP contribution in [0, 0.1) is 5.92 Å². The van der Waals surface area contributed by atoms with Crippen LogP contribution in [0.1, 0.15) is 41.4 Å². The van der Waals surface area contributed by atoms with Crippen LogP contribution in [-0.4, -0.2) is 64.3 Å². The van der Waals surface area contributed by atoms with Gasteiger partial charge in [-0.15, -0.1) is 5.10 Å². The third-order valence-electron chi connectivity index (χ3n) is 7.03. The number of benzene rings is 2. The number of carbonyl (C=O) groups is 4. The molecule has 3 heterocycles. The Morgan fingerprint density at radius 1 is 1.12 bits per heavy atom. The standard InChI is InChI=1S/C28H31N7O5/c1-17(10-11-29-26(37)18-6-3-2-4-7-18)12-24(36)32-21-16-40-23-9-5-8-19-13-22(35(25(19)23)28(21)39)27(38)30-14-20-15-31-34-33-20/h2-9,15,17,21-22H,10-14,16H2,1H3,(H,29,37)(H,30,38)(H,32,36)(H,31,33,34)/t17-,21-,22-/m0/s1. The van der Waals surface area contributed by atoms with Gasteiger partial charge in [-0.2, -0.15) is 0 Å². The fourth-order valence-corrected chi connectivity index (χ4v) is 4.97. The van der Waals surface area contributed by atoms with Gasteiger partial charge in [-0.1, -0.05) is 42.5 Å². The molecule has 0 bridgehead atoms. The molecule has 4 amide bonds. The van der Waals surface area contributed by atoms with Gasteiger partial charge < -0.3 is 20.7 Å². The minimum absolute atomic E-state index is 0.0384. The molecule has 2 aromatic carbocycles. The van der Waals surface area contributed by atoms with Crippen LogP contribution in [-0.2, 0) is 27.3 Å². The molecule has 3 aromatic rings. The minimum Gasteiger partial charge on any atom is -0.489 e. The highest BCUT2D eigenvalue weighted by Crippen LogP contribution is 2.42. The number of ether oxygens (including phenoxy) is 1. The van der Waals surface area contributed by atoms with Crippen molar-refractivity contribution in [3.8, 4) is 5.75 Å². The first-order valence-electron chi connectivity index (χ1n) is 13.2. The Labute approximate surface area is 230 Å². The molecule has 0 saturated carbocycles. The van der Waals surface area contributed by atoms with E-state index in [2.05, 4.69) is 31.4 Å². The maximum Gasteiger partial charge on any atom is 0.253 e. The predicted octanol–water partition coefficient (Wildman–Crippen LogP) is 1.10. The van der Waals surface area contributed by atoms with Crippen molar-refractivity contribution >= 4 is 29.3 Å². The van der Waals surface area contributed by atoms with Gasteiger partial charge in [-0.3, -0.25) is 29.2 Å². The van der Waals surface area contributed by atoms with Crippen molar-refractivity contribution in [1.82, 2.24) is 31.4 Å². The molecule has 2 aliphatic rings. The molecule has 0 aliphatic carbocycles. The summed E-state index contributed by atoms with van der Waals surface area (Å²) in [6, 6.07) is 12.6. The van der Waals surface area contributed by atoms with Gasteiger partial charge in [0.25, 0.3) is 11.8 Å². The Balaban J connectivity index is 1.18. The first kappa shape index (κ1) is 26.9. The summed E-state index contributed by atoms with van der Waals surface area (Å²) in [5, 5.41) is 18.6. The summed E-state index contributed by atoms with van der Waals surface area (Å²) >= 11 is 0. The number of amides is 4. The zero-order valence-electron chi connectivity index (χ0n) is 22.1. The van der Waals surface area contributed by atoms with E-state index < -0.39 is 18.0 Å². The fraction of sp³-hybridized carbons (Fsp3) is 0.357. The van der Waals surface area contributed by atoms with Gasteiger partial charge >= 0.3 is 0 Å². The SMILES string of the molecule is C[C@@H](CCNC(=O)c1ccccc1)CC(=O)N[C@H]1COc2cccc3c2N(C1=O)[C@H](C(=O)NCc1c[nH]nn1)C3. The zero-order valence-corrected chi connectivity index (χ0v) is 22.1. The number of anilines is 1. The molecule has 0 fully saturated rings. The minimum atomic E-state index is -0.957. The van der Waals surface area contributed by atoms with Gasteiger partial charge in [0.05, 0.1) is 12.2 Å². The molecule has 0 saturated heterocycles. The molecular weight excluding hydrogens is 514 g/mol. The maximum atomic E-state index is 13.7. The predicted molar refractivity (Wildman–Crippen MR) is 144 cm³/mol. The summed E-state index contributed by atoms with van der Waals surface area (Å²) in [4.78, 5) is 53.4. The molecule has 2 aliphatic heterocycles. The van der Waals surface area contributed by atoms with Crippen molar-refractivity contribution < 1.29 is 23.9 Å². The topological polar surface area (TPSA) is 158 Å². The van der Waals surface area contributed by atoms with E-state index in [0.717, 1.165) is 5.56 Å². The van der Waals surface area contributed by atoms with Crippen molar-refractivity contribution in [1.29, 1.82) is 0 Å². The normalized spacial score (nSPS) is 18.2. The van der Waals surface area contributed by atoms with Crippen LogP contribution in [0.25, 0.3) is 0 Å². The van der Waals surface area contributed by atoms with Crippen molar-refractivity contribution in [3.05, 3.63) is 71.5 Å². The van der Waals surface area contributed by atoms with Crippen LogP contribution < -0.4 is 25.6 Å². The molecule has 5 rings (SSSR count). The Hall–Kier alpha value is -4.74. The number of aromatic nitrogens is 3. The van der Waals surface area contributed by atoms with Gasteiger partial charge in [0.2, 0.25) is 11.8 Å². The molecule has 0 unspecified atom stereocenters. The average Bonchev–Trinajstić information content (AvgIpc) is 3.59. The Morgan fingerprint density at radius 2 is 1.95 bits per heavy atom. The van der Waals surface area contributed by atoms with Crippen LogP contribution in [0.15, 0.2) is 54.7 Å². The fourth-order valence-electron chi connectivity index (χ4n) is 4.97. The number of nitrogens with one attached hydrogen (secondary N) is 4. The van der Waals surface area contributed by atoms with Crippen LogP contribution in [0.3, 0.4) is 0 Å². The smallest absolute Gasteiger partial charge is 0.253 e. The lowest BCUT2D eigenvalue weighted by Crippen LogP contribution is -2.55. The first-order valence-corrected chi connectivity index (χ1v) is 13.2. The average molecular weight is 546 g/mol. The number of nitrogens with zero attached hydrogens (tertiary/aromatic N) is 3. The monoisotopic (exact) mass is 545 g/mol. The van der Waals surface area contributed by atoms with Gasteiger partial charge in [-0.05, 0) is 36.1 Å². The summed E-state index contributed by atoms with van der Waals surface area (Å²) in [5.41, 5.74) is 2.53. The molecule has 1 aromatic heterocycles. The van der Waals surface area contributed by atoms with E-state index in [4.69, 9.17) is 4.74 Å². The van der Waals surface area contributed by atoms with Crippen LogP contribution in [0.4, 0.5) is 5.69 Å². The molecular formula is C28H31N7O5. The van der Waals surface area contributed by atoms with Crippen molar-refractivity contribution in [3.63, 3.8) is 0 Å². The quantitative estimate of drug-likeness (QED) is 0.297. The van der Waals surface area contributed by atoms with Crippen LogP contribution >= 0.6 is 0 Å². The van der Waals surface area contributed by atoms with Crippen molar-refractivity contribution in [2.75, 3.05) is 18.1 Å². The zero-order chi connectivity index (χ0) is 28.1. The van der Waals surface area contributed by atoms with Crippen LogP contribution in [0.5, 0.6) is 5.75 Å². The summed E-state index contributed by atoms with van der Waals surface area (Å²) < 4.78 is 5.93. The van der Waals surface area contributed by atoms with E-state index in [-0.39, 0.29) is 43.2 Å². The number of aromatic amines is 1. The Bertz CT molecular complexity index is 1380. The van der Waals surface area contributed by atoms with Gasteiger partial charge in [-0.25, -0.2) is 0 Å². The number of hydrogen-bond acceptors (Lipinski definition) is 7. The lowest BCUT2D eigenvalue weighted by molar-refractivity contribution is -0.130. The van der Waals surface area contributed by atoms with E-state index in [1.165, 1.54) is 4.90 Å². The van der Waals surface area contributed by atoms with E-state index in [0.29, 0.717) is 42.1 Å². The second kappa shape index (κ2) is 12.0. The number of rotatable bonds is 10. The van der Waals surface area contributed by atoms with E-state index in [9.17, 15) is 19.2 Å². The number of carbonyl (C=O) groups excluding carboxylic acids is 4. The third kappa shape index (κ3) is 5.95. The first-order chi connectivity index (χ1) is 19.4. The second-order valence-electron chi connectivity index (χ2n) is 10.0. The second-order valence-corrected chi connectivity index (χ2v) is 10.0. The van der Waals surface area contributed by atoms with E-state index >= 15 is 0 Å². The van der Waals surface area contributed by atoms with Gasteiger partial charge in [0.1, 0.15) is 30.1 Å². The molecule has 12 heteroatoms. The Morgan fingerprint density at radius 3 is 2.73 bits per heavy atom. The molecule has 0 spiro atoms. The molecule has 3 atom stereocenters. The van der Waals surface area contributed by atoms with Gasteiger partial charge in [0, 0.05) is 31.1 Å². The lowest BCUT2D eigenvalue weighted by Gasteiger charge is -2.27. The van der Waals surface area contributed by atoms with Crippen LogP contribution in [0.2, 0.25) is 0 Å². The van der Waals surface area contributed by atoms with E-state index in [1.54, 1.807) is 36.5 Å². The van der Waals surface area contributed by atoms with Crippen molar-refractivity contribution in [2.45, 2.75) is 44.8 Å². The van der Waals surface area contributed by atoms with Crippen molar-refractivity contribution in [2.24, 2.45) is 5.92 Å². The third-order valence-corrected chi connectivity index (χ3v) is 7.03. The highest BCUT2D eigenvalue weighted by atomic mass is 16.5. The number of H-pyrrole nitrogens is 1. The van der Waals surface area contributed by atoms with E-state index in [1.807, 2.05) is 25.1 Å². The largest absolute Gasteiger partial charge is 0.489 e. The maximum absolute atomic E-state index is 13.7. The summed E-state index contributed by atoms with van der Waals surface area (Å²) in [6.45, 7) is 2.45.